The van der Waals surface area contributed by atoms with Crippen LogP contribution in [0.1, 0.15) is 19.4 Å². The number of primary sulfonamides is 1. The van der Waals surface area contributed by atoms with Crippen LogP contribution in [0.3, 0.4) is 0 Å². The summed E-state index contributed by atoms with van der Waals surface area (Å²) in [6.07, 6.45) is 0. The van der Waals surface area contributed by atoms with Crippen molar-refractivity contribution in [1.82, 2.24) is 0 Å². The van der Waals surface area contributed by atoms with Crippen molar-refractivity contribution in [2.45, 2.75) is 25.3 Å². The van der Waals surface area contributed by atoms with Crippen LogP contribution < -0.4 is 20.3 Å². The lowest BCUT2D eigenvalue weighted by Crippen LogP contribution is -3.08. The molecular formula is C20H28FN4O3S+. The topological polar surface area (TPSA) is 96.9 Å². The summed E-state index contributed by atoms with van der Waals surface area (Å²) in [5, 5.41) is 8.02. The van der Waals surface area contributed by atoms with Gasteiger partial charge in [-0.1, -0.05) is 18.2 Å². The first kappa shape index (κ1) is 22.8. The molecule has 0 saturated heterocycles. The second kappa shape index (κ2) is 9.82. The first-order valence-electron chi connectivity index (χ1n) is 9.42. The molecule has 1 unspecified atom stereocenters. The number of benzene rings is 2. The monoisotopic (exact) mass is 423 g/mol. The van der Waals surface area contributed by atoms with E-state index in [-0.39, 0.29) is 23.2 Å². The number of carbonyl (C=O) groups is 1. The first-order chi connectivity index (χ1) is 13.7. The summed E-state index contributed by atoms with van der Waals surface area (Å²) in [4.78, 5) is 15.3. The van der Waals surface area contributed by atoms with E-state index >= 15 is 0 Å². The molecule has 0 bridgehead atoms. The zero-order chi connectivity index (χ0) is 21.6. The van der Waals surface area contributed by atoms with Crippen molar-refractivity contribution < 1.29 is 22.5 Å². The van der Waals surface area contributed by atoms with E-state index < -0.39 is 10.0 Å². The molecule has 4 N–H and O–H groups in total. The molecule has 9 heteroatoms. The Morgan fingerprint density at radius 2 is 1.83 bits per heavy atom. The first-order valence-corrected chi connectivity index (χ1v) is 11.0. The number of halogens is 1. The summed E-state index contributed by atoms with van der Waals surface area (Å²) >= 11 is 0. The molecule has 1 atom stereocenters. The Morgan fingerprint density at radius 1 is 1.17 bits per heavy atom. The quantitative estimate of drug-likeness (QED) is 0.560. The lowest BCUT2D eigenvalue weighted by Gasteiger charge is -2.25. The van der Waals surface area contributed by atoms with Gasteiger partial charge in [-0.25, -0.2) is 17.9 Å². The van der Waals surface area contributed by atoms with Crippen LogP contribution in [0.4, 0.5) is 15.8 Å². The Balaban J connectivity index is 2.19. The van der Waals surface area contributed by atoms with Gasteiger partial charge in [0.25, 0.3) is 5.91 Å². The summed E-state index contributed by atoms with van der Waals surface area (Å²) in [5.74, 6) is -0.615. The molecule has 1 amide bonds. The second-order valence-corrected chi connectivity index (χ2v) is 8.41. The summed E-state index contributed by atoms with van der Waals surface area (Å²) < 4.78 is 37.3. The maximum absolute atomic E-state index is 13.8. The zero-order valence-electron chi connectivity index (χ0n) is 16.9. The average molecular weight is 424 g/mol. The number of hydrogen-bond acceptors (Lipinski definition) is 4. The van der Waals surface area contributed by atoms with Crippen molar-refractivity contribution in [2.75, 3.05) is 36.9 Å². The molecule has 0 aliphatic rings. The Kier molecular flexibility index (Phi) is 7.72. The molecule has 0 aliphatic carbocycles. The summed E-state index contributed by atoms with van der Waals surface area (Å²) in [6.45, 7) is 5.74. The van der Waals surface area contributed by atoms with Gasteiger partial charge >= 0.3 is 0 Å². The van der Waals surface area contributed by atoms with Crippen LogP contribution in [0.15, 0.2) is 47.4 Å². The second-order valence-electron chi connectivity index (χ2n) is 6.85. The SMILES string of the molecule is CCN(CC)c1ccc(S(N)(=O)=O)cc1NC(=O)C[NH+](C)Cc1ccccc1F. The molecule has 29 heavy (non-hydrogen) atoms. The Bertz CT molecular complexity index is 962. The molecule has 0 fully saturated rings. The highest BCUT2D eigenvalue weighted by molar-refractivity contribution is 7.89. The predicted octanol–water partition coefficient (Wildman–Crippen LogP) is 0.973. The van der Waals surface area contributed by atoms with Gasteiger partial charge in [0.2, 0.25) is 10.0 Å². The molecule has 0 heterocycles. The number of anilines is 2. The van der Waals surface area contributed by atoms with Gasteiger partial charge in [0, 0.05) is 18.7 Å². The summed E-state index contributed by atoms with van der Waals surface area (Å²) in [7, 11) is -2.11. The minimum absolute atomic E-state index is 0.0734. The third kappa shape index (κ3) is 6.25. The van der Waals surface area contributed by atoms with E-state index in [1.165, 1.54) is 18.2 Å². The van der Waals surface area contributed by atoms with Crippen molar-refractivity contribution in [3.8, 4) is 0 Å². The fourth-order valence-corrected chi connectivity index (χ4v) is 3.67. The number of amides is 1. The lowest BCUT2D eigenvalue weighted by atomic mass is 10.2. The molecule has 2 rings (SSSR count). The average Bonchev–Trinajstić information content (AvgIpc) is 2.64. The predicted molar refractivity (Wildman–Crippen MR) is 112 cm³/mol. The minimum atomic E-state index is -3.90. The number of nitrogens with two attached hydrogens (primary N) is 1. The van der Waals surface area contributed by atoms with Gasteiger partial charge in [-0.2, -0.15) is 0 Å². The number of nitrogens with one attached hydrogen (secondary N) is 2. The van der Waals surface area contributed by atoms with Gasteiger partial charge in [0.05, 0.1) is 23.3 Å². The highest BCUT2D eigenvalue weighted by atomic mass is 32.2. The van der Waals surface area contributed by atoms with Crippen LogP contribution in [0.25, 0.3) is 0 Å². The van der Waals surface area contributed by atoms with Gasteiger partial charge in [0.15, 0.2) is 6.54 Å². The normalized spacial score (nSPS) is 12.4. The molecule has 158 valence electrons. The van der Waals surface area contributed by atoms with E-state index in [4.69, 9.17) is 5.14 Å². The third-order valence-electron chi connectivity index (χ3n) is 4.59. The molecule has 0 aliphatic heterocycles. The van der Waals surface area contributed by atoms with E-state index in [9.17, 15) is 17.6 Å². The number of sulfonamides is 1. The van der Waals surface area contributed by atoms with Crippen molar-refractivity contribution in [3.63, 3.8) is 0 Å². The molecule has 0 aromatic heterocycles. The Morgan fingerprint density at radius 3 is 2.41 bits per heavy atom. The van der Waals surface area contributed by atoms with Crippen molar-refractivity contribution in [2.24, 2.45) is 5.14 Å². The molecule has 2 aromatic rings. The molecule has 0 saturated carbocycles. The maximum Gasteiger partial charge on any atom is 0.279 e. The number of carbonyl (C=O) groups excluding carboxylic acids is 1. The van der Waals surface area contributed by atoms with Crippen LogP contribution >= 0.6 is 0 Å². The third-order valence-corrected chi connectivity index (χ3v) is 5.50. The van der Waals surface area contributed by atoms with E-state index in [0.717, 1.165) is 4.90 Å². The molecular weight excluding hydrogens is 395 g/mol. The number of rotatable bonds is 9. The standard InChI is InChI=1S/C20H27FN4O3S/c1-4-25(5-2)19-11-10-16(29(22,27)28)12-18(19)23-20(26)14-24(3)13-15-8-6-7-9-17(15)21/h6-12H,4-5,13-14H2,1-3H3,(H,23,26)(H2,22,27,28)/p+1. The molecule has 2 aromatic carbocycles. The van der Waals surface area contributed by atoms with Crippen molar-refractivity contribution >= 4 is 27.3 Å². The van der Waals surface area contributed by atoms with Gasteiger partial charge in [-0.05, 0) is 38.1 Å². The van der Waals surface area contributed by atoms with E-state index in [1.807, 2.05) is 18.7 Å². The Hall–Kier alpha value is -2.49. The lowest BCUT2D eigenvalue weighted by molar-refractivity contribution is -0.885. The fraction of sp³-hybridized carbons (Fsp3) is 0.350. The largest absolute Gasteiger partial charge is 0.370 e. The van der Waals surface area contributed by atoms with Crippen molar-refractivity contribution in [3.05, 3.63) is 53.8 Å². The van der Waals surface area contributed by atoms with Gasteiger partial charge < -0.3 is 15.1 Å². The van der Waals surface area contributed by atoms with E-state index in [0.29, 0.717) is 36.6 Å². The summed E-state index contributed by atoms with van der Waals surface area (Å²) in [5.41, 5.74) is 1.62. The smallest absolute Gasteiger partial charge is 0.279 e. The maximum atomic E-state index is 13.8. The summed E-state index contributed by atoms with van der Waals surface area (Å²) in [6, 6.07) is 10.9. The van der Waals surface area contributed by atoms with E-state index in [2.05, 4.69) is 5.32 Å². The van der Waals surface area contributed by atoms with Crippen LogP contribution in [-0.4, -0.2) is 41.0 Å². The number of likely N-dealkylation sites (N-methyl/N-ethyl adjacent to an activating group) is 1. The number of hydrogen-bond donors (Lipinski definition) is 3. The van der Waals surface area contributed by atoms with Crippen LogP contribution in [0, 0.1) is 5.82 Å². The molecule has 0 radical (unpaired) electrons. The molecule has 7 nitrogen and oxygen atoms in total. The van der Waals surface area contributed by atoms with Gasteiger partial charge in [0.1, 0.15) is 12.4 Å². The van der Waals surface area contributed by atoms with Crippen molar-refractivity contribution in [1.29, 1.82) is 0 Å². The zero-order valence-corrected chi connectivity index (χ0v) is 17.7. The Labute approximate surface area is 171 Å². The highest BCUT2D eigenvalue weighted by Crippen LogP contribution is 2.28. The number of quaternary nitrogens is 1. The van der Waals surface area contributed by atoms with Crippen LogP contribution in [-0.2, 0) is 21.4 Å². The van der Waals surface area contributed by atoms with E-state index in [1.54, 1.807) is 31.3 Å². The number of nitrogens with zero attached hydrogens (tertiary/aromatic N) is 1. The highest BCUT2D eigenvalue weighted by Gasteiger charge is 2.18. The fourth-order valence-electron chi connectivity index (χ4n) is 3.13. The van der Waals surface area contributed by atoms with Crippen LogP contribution in [0.2, 0.25) is 0 Å². The van der Waals surface area contributed by atoms with Crippen LogP contribution in [0.5, 0.6) is 0 Å². The molecule has 0 spiro atoms. The van der Waals surface area contributed by atoms with Gasteiger partial charge in [-0.15, -0.1) is 0 Å². The van der Waals surface area contributed by atoms with Gasteiger partial charge in [-0.3, -0.25) is 4.79 Å². The minimum Gasteiger partial charge on any atom is -0.370 e.